The Morgan fingerprint density at radius 2 is 2.23 bits per heavy atom. The van der Waals surface area contributed by atoms with Gasteiger partial charge >= 0.3 is 0 Å². The minimum Gasteiger partial charge on any atom is -0.313 e. The van der Waals surface area contributed by atoms with Crippen molar-refractivity contribution in [2.24, 2.45) is 5.92 Å². The molecule has 0 aromatic heterocycles. The van der Waals surface area contributed by atoms with E-state index in [1.54, 1.807) is 0 Å². The third kappa shape index (κ3) is 2.88. The molecule has 1 heterocycles. The Morgan fingerprint density at radius 3 is 2.85 bits per heavy atom. The summed E-state index contributed by atoms with van der Waals surface area (Å²) in [6.07, 6.45) is 7.16. The largest absolute Gasteiger partial charge is 0.313 e. The zero-order valence-corrected chi connectivity index (χ0v) is 9.41. The average Bonchev–Trinajstić information content (AvgIpc) is 2.71. The van der Waals surface area contributed by atoms with Gasteiger partial charge in [-0.05, 0) is 43.8 Å². The fraction of sp³-hybridized carbons (Fsp3) is 1.00. The van der Waals surface area contributed by atoms with Crippen molar-refractivity contribution in [3.8, 4) is 0 Å². The minimum atomic E-state index is 0.844. The zero-order valence-electron chi connectivity index (χ0n) is 8.59. The molecule has 0 radical (unpaired) electrons. The van der Waals surface area contributed by atoms with Gasteiger partial charge in [-0.15, -0.1) is 0 Å². The standard InChI is InChI=1S/C11H21NS/c1-9-4-5-10(7-9)12-8-11-3-2-6-13-11/h9-12H,2-8H2,1H3. The van der Waals surface area contributed by atoms with E-state index in [0.717, 1.165) is 17.2 Å². The molecule has 0 spiro atoms. The van der Waals surface area contributed by atoms with Crippen molar-refractivity contribution < 1.29 is 0 Å². The molecule has 0 aromatic rings. The second kappa shape index (κ2) is 4.70. The third-order valence-electron chi connectivity index (χ3n) is 3.35. The molecule has 0 bridgehead atoms. The van der Waals surface area contributed by atoms with Crippen LogP contribution in [0.25, 0.3) is 0 Å². The van der Waals surface area contributed by atoms with Gasteiger partial charge in [0.25, 0.3) is 0 Å². The quantitative estimate of drug-likeness (QED) is 0.750. The molecule has 0 aromatic carbocycles. The van der Waals surface area contributed by atoms with Crippen molar-refractivity contribution in [1.82, 2.24) is 5.32 Å². The molecule has 76 valence electrons. The molecule has 0 amide bonds. The molecule has 2 heteroatoms. The summed E-state index contributed by atoms with van der Waals surface area (Å²) in [6.45, 7) is 3.65. The number of thioether (sulfide) groups is 1. The average molecular weight is 199 g/mol. The first kappa shape index (κ1) is 9.85. The number of nitrogens with one attached hydrogen (secondary N) is 1. The monoisotopic (exact) mass is 199 g/mol. The highest BCUT2D eigenvalue weighted by Gasteiger charge is 2.22. The van der Waals surface area contributed by atoms with E-state index in [1.807, 2.05) is 0 Å². The maximum absolute atomic E-state index is 3.73. The van der Waals surface area contributed by atoms with E-state index in [9.17, 15) is 0 Å². The molecule has 1 aliphatic heterocycles. The first-order valence-corrected chi connectivity index (χ1v) is 6.74. The van der Waals surface area contributed by atoms with E-state index in [1.165, 1.54) is 44.4 Å². The molecule has 1 nitrogen and oxygen atoms in total. The van der Waals surface area contributed by atoms with Crippen LogP contribution in [0.15, 0.2) is 0 Å². The second-order valence-electron chi connectivity index (χ2n) is 4.66. The van der Waals surface area contributed by atoms with E-state index in [-0.39, 0.29) is 0 Å². The summed E-state index contributed by atoms with van der Waals surface area (Å²) in [5.41, 5.74) is 0. The van der Waals surface area contributed by atoms with Crippen molar-refractivity contribution in [3.63, 3.8) is 0 Å². The SMILES string of the molecule is CC1CCC(NCC2CCCS2)C1. The molecular weight excluding hydrogens is 178 g/mol. The third-order valence-corrected chi connectivity index (χ3v) is 4.75. The van der Waals surface area contributed by atoms with Gasteiger partial charge < -0.3 is 5.32 Å². The maximum atomic E-state index is 3.73. The van der Waals surface area contributed by atoms with Crippen molar-refractivity contribution >= 4 is 11.8 Å². The predicted molar refractivity (Wildman–Crippen MR) is 60.3 cm³/mol. The first-order valence-electron chi connectivity index (χ1n) is 5.69. The van der Waals surface area contributed by atoms with E-state index >= 15 is 0 Å². The Balaban J connectivity index is 1.62. The molecule has 3 atom stereocenters. The summed E-state index contributed by atoms with van der Waals surface area (Å²) in [5.74, 6) is 2.36. The van der Waals surface area contributed by atoms with Crippen LogP contribution in [0.1, 0.15) is 39.0 Å². The summed E-state index contributed by atoms with van der Waals surface area (Å²) >= 11 is 2.16. The number of rotatable bonds is 3. The van der Waals surface area contributed by atoms with Crippen LogP contribution in [0.2, 0.25) is 0 Å². The molecule has 2 rings (SSSR count). The topological polar surface area (TPSA) is 12.0 Å². The van der Waals surface area contributed by atoms with Crippen molar-refractivity contribution in [3.05, 3.63) is 0 Å². The summed E-state index contributed by atoms with van der Waals surface area (Å²) in [6, 6.07) is 0.844. The van der Waals surface area contributed by atoms with Gasteiger partial charge in [0.05, 0.1) is 0 Å². The van der Waals surface area contributed by atoms with Crippen LogP contribution in [-0.2, 0) is 0 Å². The molecule has 2 fully saturated rings. The molecular formula is C11H21NS. The molecule has 1 aliphatic carbocycles. The van der Waals surface area contributed by atoms with E-state index in [0.29, 0.717) is 0 Å². The Hall–Kier alpha value is 0.310. The van der Waals surface area contributed by atoms with E-state index in [4.69, 9.17) is 0 Å². The summed E-state index contributed by atoms with van der Waals surface area (Å²) < 4.78 is 0. The Bertz CT molecular complexity index is 154. The lowest BCUT2D eigenvalue weighted by Gasteiger charge is -2.15. The van der Waals surface area contributed by atoms with Gasteiger partial charge in [-0.3, -0.25) is 0 Å². The van der Waals surface area contributed by atoms with Crippen LogP contribution >= 0.6 is 11.8 Å². The van der Waals surface area contributed by atoms with Gasteiger partial charge in [-0.25, -0.2) is 0 Å². The van der Waals surface area contributed by atoms with Crippen LogP contribution in [0.3, 0.4) is 0 Å². The van der Waals surface area contributed by atoms with E-state index in [2.05, 4.69) is 24.0 Å². The lowest BCUT2D eigenvalue weighted by molar-refractivity contribution is 0.498. The highest BCUT2D eigenvalue weighted by Crippen LogP contribution is 2.27. The first-order chi connectivity index (χ1) is 6.34. The summed E-state index contributed by atoms with van der Waals surface area (Å²) in [4.78, 5) is 0. The van der Waals surface area contributed by atoms with Crippen LogP contribution in [-0.4, -0.2) is 23.6 Å². The molecule has 3 unspecified atom stereocenters. The van der Waals surface area contributed by atoms with Gasteiger partial charge in [0.2, 0.25) is 0 Å². The molecule has 1 N–H and O–H groups in total. The molecule has 1 saturated heterocycles. The fourth-order valence-corrected chi connectivity index (χ4v) is 3.71. The highest BCUT2D eigenvalue weighted by molar-refractivity contribution is 8.00. The molecule has 13 heavy (non-hydrogen) atoms. The smallest absolute Gasteiger partial charge is 0.0172 e. The fourth-order valence-electron chi connectivity index (χ4n) is 2.50. The molecule has 1 saturated carbocycles. The van der Waals surface area contributed by atoms with Gasteiger partial charge in [0, 0.05) is 17.8 Å². The number of hydrogen-bond acceptors (Lipinski definition) is 2. The van der Waals surface area contributed by atoms with Gasteiger partial charge in [0.15, 0.2) is 0 Å². The Labute approximate surface area is 86.0 Å². The summed E-state index contributed by atoms with van der Waals surface area (Å²) in [7, 11) is 0. The zero-order chi connectivity index (χ0) is 9.10. The van der Waals surface area contributed by atoms with Gasteiger partial charge in [-0.2, -0.15) is 11.8 Å². The van der Waals surface area contributed by atoms with Crippen LogP contribution in [0.4, 0.5) is 0 Å². The Kier molecular flexibility index (Phi) is 3.56. The lowest BCUT2D eigenvalue weighted by atomic mass is 10.1. The predicted octanol–water partition coefficient (Wildman–Crippen LogP) is 2.66. The van der Waals surface area contributed by atoms with Crippen LogP contribution in [0.5, 0.6) is 0 Å². The van der Waals surface area contributed by atoms with Crippen molar-refractivity contribution in [2.75, 3.05) is 12.3 Å². The van der Waals surface area contributed by atoms with Crippen LogP contribution < -0.4 is 5.32 Å². The Morgan fingerprint density at radius 1 is 1.31 bits per heavy atom. The van der Waals surface area contributed by atoms with Gasteiger partial charge in [-0.1, -0.05) is 6.92 Å². The molecule has 2 aliphatic rings. The normalized spacial score (nSPS) is 39.9. The minimum absolute atomic E-state index is 0.844. The second-order valence-corrected chi connectivity index (χ2v) is 6.07. The highest BCUT2D eigenvalue weighted by atomic mass is 32.2. The van der Waals surface area contributed by atoms with E-state index < -0.39 is 0 Å². The van der Waals surface area contributed by atoms with Gasteiger partial charge in [0.1, 0.15) is 0 Å². The lowest BCUT2D eigenvalue weighted by Crippen LogP contribution is -2.31. The summed E-state index contributed by atoms with van der Waals surface area (Å²) in [5, 5.41) is 4.66. The van der Waals surface area contributed by atoms with Crippen molar-refractivity contribution in [1.29, 1.82) is 0 Å². The maximum Gasteiger partial charge on any atom is 0.0172 e. The number of hydrogen-bond donors (Lipinski definition) is 1. The van der Waals surface area contributed by atoms with Crippen molar-refractivity contribution in [2.45, 2.75) is 50.3 Å². The van der Waals surface area contributed by atoms with Crippen LogP contribution in [0, 0.1) is 5.92 Å².